The Bertz CT molecular complexity index is 694. The summed E-state index contributed by atoms with van der Waals surface area (Å²) in [5.41, 5.74) is 5.38. The Morgan fingerprint density at radius 3 is 2.50 bits per heavy atom. The summed E-state index contributed by atoms with van der Waals surface area (Å²) in [5, 5.41) is 15.0. The molecule has 0 radical (unpaired) electrons. The van der Waals surface area contributed by atoms with Gasteiger partial charge in [-0.05, 0) is 30.0 Å². The fraction of sp³-hybridized carbons (Fsp3) is 0.250. The summed E-state index contributed by atoms with van der Waals surface area (Å²) < 4.78 is 0. The first-order valence-corrected chi connectivity index (χ1v) is 6.98. The minimum atomic E-state index is -0.484. The van der Waals surface area contributed by atoms with Gasteiger partial charge in [0.1, 0.15) is 0 Å². The van der Waals surface area contributed by atoms with Crippen LogP contribution in [0.3, 0.4) is 0 Å². The third-order valence-electron chi connectivity index (χ3n) is 3.20. The molecule has 0 aliphatic heterocycles. The van der Waals surface area contributed by atoms with E-state index in [1.807, 2.05) is 24.3 Å². The van der Waals surface area contributed by atoms with Gasteiger partial charge in [0, 0.05) is 11.8 Å². The molecular weight excluding hydrogens is 280 g/mol. The molecule has 0 saturated carbocycles. The summed E-state index contributed by atoms with van der Waals surface area (Å²) in [7, 11) is 0. The number of rotatable bonds is 5. The van der Waals surface area contributed by atoms with Gasteiger partial charge in [-0.2, -0.15) is 5.10 Å². The maximum absolute atomic E-state index is 10.9. The van der Waals surface area contributed by atoms with Crippen LogP contribution >= 0.6 is 0 Å². The number of pyridine rings is 1. The predicted octanol–water partition coefficient (Wildman–Crippen LogP) is 3.87. The summed E-state index contributed by atoms with van der Waals surface area (Å²) in [6, 6.07) is 11.0. The Hall–Kier alpha value is -2.76. The summed E-state index contributed by atoms with van der Waals surface area (Å²) in [5.74, 6) is 0.614. The molecule has 0 saturated heterocycles. The fourth-order valence-electron chi connectivity index (χ4n) is 1.91. The zero-order chi connectivity index (χ0) is 16.1. The highest BCUT2D eigenvalue weighted by molar-refractivity contribution is 5.80. The predicted molar refractivity (Wildman–Crippen MR) is 87.4 cm³/mol. The first kappa shape index (κ1) is 15.6. The van der Waals surface area contributed by atoms with Gasteiger partial charge in [-0.15, -0.1) is 0 Å². The lowest BCUT2D eigenvalue weighted by Gasteiger charge is -2.05. The molecule has 0 fully saturated rings. The van der Waals surface area contributed by atoms with E-state index in [2.05, 4.69) is 29.4 Å². The monoisotopic (exact) mass is 298 g/mol. The molecule has 0 atom stereocenters. The first-order valence-electron chi connectivity index (χ1n) is 6.98. The summed E-state index contributed by atoms with van der Waals surface area (Å²) >= 11 is 0. The quantitative estimate of drug-likeness (QED) is 0.516. The van der Waals surface area contributed by atoms with E-state index in [1.165, 1.54) is 11.6 Å². The van der Waals surface area contributed by atoms with E-state index in [1.54, 1.807) is 19.2 Å². The van der Waals surface area contributed by atoms with E-state index in [9.17, 15) is 10.1 Å². The highest BCUT2D eigenvalue weighted by Crippen LogP contribution is 2.21. The van der Waals surface area contributed by atoms with Gasteiger partial charge in [0.25, 0.3) is 0 Å². The van der Waals surface area contributed by atoms with Crippen LogP contribution in [0.25, 0.3) is 0 Å². The second-order valence-corrected chi connectivity index (χ2v) is 5.27. The molecule has 1 aromatic heterocycles. The van der Waals surface area contributed by atoms with Crippen LogP contribution in [0.2, 0.25) is 0 Å². The molecule has 22 heavy (non-hydrogen) atoms. The summed E-state index contributed by atoms with van der Waals surface area (Å²) in [4.78, 5) is 14.6. The topological polar surface area (TPSA) is 80.4 Å². The Balaban J connectivity index is 2.12. The molecule has 0 aliphatic rings. The van der Waals surface area contributed by atoms with Crippen LogP contribution in [0.5, 0.6) is 0 Å². The van der Waals surface area contributed by atoms with Crippen LogP contribution in [0.1, 0.15) is 36.6 Å². The third kappa shape index (κ3) is 3.88. The molecule has 0 amide bonds. The van der Waals surface area contributed by atoms with E-state index in [0.717, 1.165) is 5.56 Å². The summed E-state index contributed by atoms with van der Waals surface area (Å²) in [6.07, 6.45) is 1.61. The average molecular weight is 298 g/mol. The molecule has 114 valence electrons. The van der Waals surface area contributed by atoms with Gasteiger partial charge >= 0.3 is 5.69 Å². The maximum Gasteiger partial charge on any atom is 0.313 e. The van der Waals surface area contributed by atoms with Crippen LogP contribution in [-0.4, -0.2) is 16.1 Å². The Kier molecular flexibility index (Phi) is 4.83. The van der Waals surface area contributed by atoms with Gasteiger partial charge in [-0.1, -0.05) is 38.1 Å². The van der Waals surface area contributed by atoms with Crippen LogP contribution in [-0.2, 0) is 0 Å². The molecule has 1 N–H and O–H groups in total. The lowest BCUT2D eigenvalue weighted by Crippen LogP contribution is -2.00. The molecule has 1 aromatic carbocycles. The zero-order valence-corrected chi connectivity index (χ0v) is 12.8. The fourth-order valence-corrected chi connectivity index (χ4v) is 1.91. The van der Waals surface area contributed by atoms with Gasteiger partial charge in [-0.25, -0.2) is 4.98 Å². The Morgan fingerprint density at radius 2 is 1.91 bits per heavy atom. The number of nitrogens with one attached hydrogen (secondary N) is 1. The molecule has 1 heterocycles. The first-order chi connectivity index (χ1) is 10.5. The van der Waals surface area contributed by atoms with Crippen molar-refractivity contribution in [1.82, 2.24) is 4.98 Å². The second-order valence-electron chi connectivity index (χ2n) is 5.27. The van der Waals surface area contributed by atoms with Crippen LogP contribution in [0.15, 0.2) is 41.5 Å². The SMILES string of the molecule is Cc1ccc([N+](=O)[O-])c(N/N=C\c2ccc(C(C)C)cc2)n1. The Morgan fingerprint density at radius 1 is 1.23 bits per heavy atom. The molecule has 0 spiro atoms. The van der Waals surface area contributed by atoms with Crippen molar-refractivity contribution in [2.24, 2.45) is 5.10 Å². The van der Waals surface area contributed by atoms with E-state index in [0.29, 0.717) is 11.6 Å². The molecule has 6 nitrogen and oxygen atoms in total. The largest absolute Gasteiger partial charge is 0.313 e. The van der Waals surface area contributed by atoms with Gasteiger partial charge in [0.2, 0.25) is 5.82 Å². The van der Waals surface area contributed by atoms with Gasteiger partial charge in [0.15, 0.2) is 0 Å². The van der Waals surface area contributed by atoms with Crippen molar-refractivity contribution in [3.05, 3.63) is 63.3 Å². The van der Waals surface area contributed by atoms with Crippen LogP contribution < -0.4 is 5.43 Å². The average Bonchev–Trinajstić information content (AvgIpc) is 2.47. The third-order valence-corrected chi connectivity index (χ3v) is 3.20. The standard InChI is InChI=1S/C16H18N4O2/c1-11(2)14-7-5-13(6-8-14)10-17-19-16-15(20(21)22)9-4-12(3)18-16/h4-11H,1-3H3,(H,18,19)/b17-10-. The van der Waals surface area contributed by atoms with Crippen molar-refractivity contribution in [2.45, 2.75) is 26.7 Å². The second kappa shape index (κ2) is 6.80. The molecule has 2 aromatic rings. The van der Waals surface area contributed by atoms with Crippen molar-refractivity contribution in [3.8, 4) is 0 Å². The number of aryl methyl sites for hydroxylation is 1. The zero-order valence-electron chi connectivity index (χ0n) is 12.8. The molecule has 0 unspecified atom stereocenters. The maximum atomic E-state index is 10.9. The number of hydrazone groups is 1. The number of anilines is 1. The normalized spacial score (nSPS) is 11.1. The van der Waals surface area contributed by atoms with E-state index in [-0.39, 0.29) is 11.5 Å². The van der Waals surface area contributed by atoms with Gasteiger partial charge in [-0.3, -0.25) is 15.5 Å². The van der Waals surface area contributed by atoms with Gasteiger partial charge in [0.05, 0.1) is 11.1 Å². The van der Waals surface area contributed by atoms with Gasteiger partial charge < -0.3 is 0 Å². The molecule has 0 bridgehead atoms. The number of nitrogens with zero attached hydrogens (tertiary/aromatic N) is 3. The van der Waals surface area contributed by atoms with Crippen molar-refractivity contribution >= 4 is 17.7 Å². The van der Waals surface area contributed by atoms with Crippen LogP contribution in [0, 0.1) is 17.0 Å². The van der Waals surface area contributed by atoms with Crippen molar-refractivity contribution in [3.63, 3.8) is 0 Å². The van der Waals surface area contributed by atoms with Crippen LogP contribution in [0.4, 0.5) is 11.5 Å². The number of hydrogen-bond acceptors (Lipinski definition) is 5. The minimum Gasteiger partial charge on any atom is -0.258 e. The smallest absolute Gasteiger partial charge is 0.258 e. The lowest BCUT2D eigenvalue weighted by molar-refractivity contribution is -0.384. The molecule has 2 rings (SSSR count). The van der Waals surface area contributed by atoms with Crippen molar-refractivity contribution in [1.29, 1.82) is 0 Å². The number of hydrogen-bond donors (Lipinski definition) is 1. The molecule has 6 heteroatoms. The van der Waals surface area contributed by atoms with E-state index >= 15 is 0 Å². The summed E-state index contributed by atoms with van der Waals surface area (Å²) in [6.45, 7) is 6.03. The highest BCUT2D eigenvalue weighted by Gasteiger charge is 2.14. The Labute approximate surface area is 129 Å². The van der Waals surface area contributed by atoms with E-state index < -0.39 is 4.92 Å². The number of aromatic nitrogens is 1. The van der Waals surface area contributed by atoms with Crippen molar-refractivity contribution < 1.29 is 4.92 Å². The van der Waals surface area contributed by atoms with E-state index in [4.69, 9.17) is 0 Å². The number of nitro groups is 1. The minimum absolute atomic E-state index is 0.0992. The van der Waals surface area contributed by atoms with Crippen molar-refractivity contribution in [2.75, 3.05) is 5.43 Å². The molecular formula is C16H18N4O2. The highest BCUT2D eigenvalue weighted by atomic mass is 16.6. The lowest BCUT2D eigenvalue weighted by atomic mass is 10.0. The number of benzene rings is 1. The molecule has 0 aliphatic carbocycles.